The number of hydrogen-bond donors (Lipinski definition) is 0. The van der Waals surface area contributed by atoms with Crippen molar-refractivity contribution < 1.29 is 19.7 Å². The summed E-state index contributed by atoms with van der Waals surface area (Å²) in [7, 11) is 0. The summed E-state index contributed by atoms with van der Waals surface area (Å²) in [5.74, 6) is 0. The van der Waals surface area contributed by atoms with Gasteiger partial charge < -0.3 is 0 Å². The first-order valence-electron chi connectivity index (χ1n) is 2.96. The Kier molecular flexibility index (Phi) is 4.31. The zero-order valence-corrected chi connectivity index (χ0v) is 7.43. The highest BCUT2D eigenvalue weighted by Crippen LogP contribution is 2.19. The van der Waals surface area contributed by atoms with E-state index in [1.165, 1.54) is 0 Å². The van der Waals surface area contributed by atoms with E-state index in [2.05, 4.69) is 0 Å². The summed E-state index contributed by atoms with van der Waals surface area (Å²) in [6, 6.07) is 0. The molecule has 0 aromatic carbocycles. The van der Waals surface area contributed by atoms with Crippen LogP contribution in [0, 0.1) is 40.5 Å². The SMILES string of the molecule is O=[N+]([O-])C(SC([N+](=O)[O-])[N+](=O)[O-])[N+](=O)[O-]. The van der Waals surface area contributed by atoms with E-state index in [9.17, 15) is 40.5 Å². The molecule has 0 spiro atoms. The van der Waals surface area contributed by atoms with Crippen molar-refractivity contribution in [3.8, 4) is 0 Å². The van der Waals surface area contributed by atoms with E-state index in [0.29, 0.717) is 0 Å². The van der Waals surface area contributed by atoms with Gasteiger partial charge in [0.2, 0.25) is 0 Å². The Morgan fingerprint density at radius 3 is 1.00 bits per heavy atom. The van der Waals surface area contributed by atoms with Gasteiger partial charge in [-0.05, 0) is 0 Å². The number of nitrogens with zero attached hydrogens (tertiary/aromatic N) is 4. The standard InChI is InChI=1S/C2H2N4O8S/c7-3(8)1(4(9)10)15-2(5(11)12)6(13)14/h1-2H. The van der Waals surface area contributed by atoms with Crippen molar-refractivity contribution in [3.63, 3.8) is 0 Å². The van der Waals surface area contributed by atoms with Gasteiger partial charge in [0.15, 0.2) is 11.8 Å². The lowest BCUT2D eigenvalue weighted by Gasteiger charge is -2.00. The smallest absolute Gasteiger partial charge is 0.258 e. The van der Waals surface area contributed by atoms with Crippen LogP contribution in [-0.2, 0) is 0 Å². The number of hydrogen-bond acceptors (Lipinski definition) is 9. The van der Waals surface area contributed by atoms with Crippen LogP contribution >= 0.6 is 11.8 Å². The van der Waals surface area contributed by atoms with Crippen molar-refractivity contribution in [1.29, 1.82) is 0 Å². The third-order valence-corrected chi connectivity index (χ3v) is 2.14. The van der Waals surface area contributed by atoms with Gasteiger partial charge in [-0.2, -0.15) is 0 Å². The highest BCUT2D eigenvalue weighted by atomic mass is 32.2. The number of thioether (sulfide) groups is 1. The number of nitro groups is 4. The summed E-state index contributed by atoms with van der Waals surface area (Å²) in [6.45, 7) is 0. The summed E-state index contributed by atoms with van der Waals surface area (Å²) in [5.41, 5.74) is -5.27. The molecule has 0 aliphatic rings. The third kappa shape index (κ3) is 3.67. The van der Waals surface area contributed by atoms with Gasteiger partial charge in [-0.15, -0.1) is 0 Å². The molecule has 0 saturated heterocycles. The molecule has 0 amide bonds. The summed E-state index contributed by atoms with van der Waals surface area (Å²) in [4.78, 5) is 34.3. The minimum Gasteiger partial charge on any atom is -0.258 e. The van der Waals surface area contributed by atoms with Crippen LogP contribution in [-0.4, -0.2) is 30.7 Å². The third-order valence-electron chi connectivity index (χ3n) is 0.965. The quantitative estimate of drug-likeness (QED) is 0.334. The van der Waals surface area contributed by atoms with Crippen LogP contribution in [0.25, 0.3) is 0 Å². The monoisotopic (exact) mass is 242 g/mol. The molecule has 0 rings (SSSR count). The molecule has 0 fully saturated rings. The van der Waals surface area contributed by atoms with Gasteiger partial charge >= 0.3 is 11.0 Å². The van der Waals surface area contributed by atoms with E-state index in [1.54, 1.807) is 0 Å². The first-order valence-corrected chi connectivity index (χ1v) is 3.91. The Bertz CT molecular complexity index is 258. The minimum atomic E-state index is -2.63. The maximum Gasteiger partial charge on any atom is 0.511 e. The molecule has 0 aliphatic carbocycles. The lowest BCUT2D eigenvalue weighted by Crippen LogP contribution is -2.34. The summed E-state index contributed by atoms with van der Waals surface area (Å²) >= 11 is -0.574. The maximum atomic E-state index is 10.0. The summed E-state index contributed by atoms with van der Waals surface area (Å²) < 4.78 is 0. The Hall–Kier alpha value is -2.05. The van der Waals surface area contributed by atoms with Crippen molar-refractivity contribution in [3.05, 3.63) is 40.5 Å². The Morgan fingerprint density at radius 1 is 0.667 bits per heavy atom. The van der Waals surface area contributed by atoms with E-state index >= 15 is 0 Å². The molecule has 0 bridgehead atoms. The molecule has 84 valence electrons. The lowest BCUT2D eigenvalue weighted by molar-refractivity contribution is -0.726. The van der Waals surface area contributed by atoms with Gasteiger partial charge in [0.05, 0.1) is 0 Å². The molecular formula is C2H2N4O8S. The Balaban J connectivity index is 4.77. The van der Waals surface area contributed by atoms with E-state index < -0.39 is 42.5 Å². The highest BCUT2D eigenvalue weighted by Gasteiger charge is 2.48. The van der Waals surface area contributed by atoms with Gasteiger partial charge in [0.1, 0.15) is 19.7 Å². The lowest BCUT2D eigenvalue weighted by atomic mass is 11.1. The van der Waals surface area contributed by atoms with Crippen molar-refractivity contribution in [1.82, 2.24) is 0 Å². The van der Waals surface area contributed by atoms with Crippen LogP contribution in [0.5, 0.6) is 0 Å². The molecule has 0 heterocycles. The molecule has 0 radical (unpaired) electrons. The van der Waals surface area contributed by atoms with Crippen LogP contribution in [0.1, 0.15) is 0 Å². The first-order chi connectivity index (χ1) is 6.77. The molecule has 0 N–H and O–H groups in total. The average Bonchev–Trinajstić information content (AvgIpc) is 2.01. The molecule has 13 heteroatoms. The van der Waals surface area contributed by atoms with Crippen molar-refractivity contribution >= 4 is 11.8 Å². The largest absolute Gasteiger partial charge is 0.511 e. The Labute approximate surface area is 83.8 Å². The predicted molar refractivity (Wildman–Crippen MR) is 43.1 cm³/mol. The molecule has 0 atom stereocenters. The molecule has 0 unspecified atom stereocenters. The Morgan fingerprint density at radius 2 is 0.867 bits per heavy atom. The van der Waals surface area contributed by atoms with Crippen LogP contribution < -0.4 is 0 Å². The highest BCUT2D eigenvalue weighted by molar-refractivity contribution is 7.99. The molecule has 0 saturated carbocycles. The van der Waals surface area contributed by atoms with E-state index in [-0.39, 0.29) is 0 Å². The second-order valence-corrected chi connectivity index (χ2v) is 3.05. The molecular weight excluding hydrogens is 240 g/mol. The van der Waals surface area contributed by atoms with Gasteiger partial charge in [-0.3, -0.25) is 40.5 Å². The second-order valence-electron chi connectivity index (χ2n) is 1.93. The summed E-state index contributed by atoms with van der Waals surface area (Å²) in [5, 5.41) is 40.1. The van der Waals surface area contributed by atoms with Crippen LogP contribution in [0.15, 0.2) is 0 Å². The normalized spacial score (nSPS) is 10.3. The fourth-order valence-electron chi connectivity index (χ4n) is 0.462. The molecule has 0 aromatic rings. The fourth-order valence-corrected chi connectivity index (χ4v) is 1.08. The van der Waals surface area contributed by atoms with Gasteiger partial charge in [0, 0.05) is 0 Å². The maximum absolute atomic E-state index is 10.0. The number of rotatable bonds is 6. The fraction of sp³-hybridized carbons (Fsp3) is 1.00. The van der Waals surface area contributed by atoms with Crippen molar-refractivity contribution in [2.24, 2.45) is 0 Å². The van der Waals surface area contributed by atoms with E-state index in [4.69, 9.17) is 0 Å². The predicted octanol–water partition coefficient (Wildman–Crippen LogP) is -0.606. The average molecular weight is 242 g/mol. The van der Waals surface area contributed by atoms with Crippen molar-refractivity contribution in [2.75, 3.05) is 0 Å². The van der Waals surface area contributed by atoms with Crippen LogP contribution in [0.4, 0.5) is 0 Å². The molecule has 15 heavy (non-hydrogen) atoms. The minimum absolute atomic E-state index is 0.574. The van der Waals surface area contributed by atoms with Crippen LogP contribution in [0.3, 0.4) is 0 Å². The molecule has 0 aromatic heterocycles. The van der Waals surface area contributed by atoms with E-state index in [1.807, 2.05) is 0 Å². The van der Waals surface area contributed by atoms with Gasteiger partial charge in [-0.1, -0.05) is 0 Å². The summed E-state index contributed by atoms with van der Waals surface area (Å²) in [6.07, 6.45) is 0. The van der Waals surface area contributed by atoms with E-state index in [0.717, 1.165) is 0 Å². The topological polar surface area (TPSA) is 173 Å². The van der Waals surface area contributed by atoms with Crippen LogP contribution in [0.2, 0.25) is 0 Å². The zero-order chi connectivity index (χ0) is 12.2. The molecule has 0 aliphatic heterocycles. The first kappa shape index (κ1) is 12.9. The van der Waals surface area contributed by atoms with Gasteiger partial charge in [-0.25, -0.2) is 0 Å². The molecule has 12 nitrogen and oxygen atoms in total. The second kappa shape index (κ2) is 4.99. The van der Waals surface area contributed by atoms with Gasteiger partial charge in [0.25, 0.3) is 0 Å². The zero-order valence-electron chi connectivity index (χ0n) is 6.62. The van der Waals surface area contributed by atoms with Crippen molar-refractivity contribution in [2.45, 2.75) is 11.0 Å².